The Morgan fingerprint density at radius 1 is 1.44 bits per heavy atom. The molecular formula is C14H20BrNOS. The van der Waals surface area contributed by atoms with Gasteiger partial charge < -0.3 is 10.1 Å². The van der Waals surface area contributed by atoms with E-state index in [4.69, 9.17) is 4.74 Å². The van der Waals surface area contributed by atoms with Crippen LogP contribution in [0.25, 0.3) is 0 Å². The van der Waals surface area contributed by atoms with Gasteiger partial charge in [0.25, 0.3) is 0 Å². The van der Waals surface area contributed by atoms with Gasteiger partial charge in [0.05, 0.1) is 0 Å². The third kappa shape index (κ3) is 4.92. The third-order valence-electron chi connectivity index (χ3n) is 2.94. The fraction of sp³-hybridized carbons (Fsp3) is 0.571. The summed E-state index contributed by atoms with van der Waals surface area (Å²) in [5, 5.41) is 3.58. The van der Waals surface area contributed by atoms with E-state index in [1.165, 1.54) is 23.3 Å². The van der Waals surface area contributed by atoms with E-state index in [1.807, 2.05) is 11.8 Å². The Morgan fingerprint density at radius 3 is 3.00 bits per heavy atom. The van der Waals surface area contributed by atoms with Crippen LogP contribution in [0, 0.1) is 0 Å². The van der Waals surface area contributed by atoms with Crippen molar-refractivity contribution in [1.82, 2.24) is 5.32 Å². The highest BCUT2D eigenvalue weighted by Crippen LogP contribution is 2.28. The molecule has 0 bridgehead atoms. The molecule has 18 heavy (non-hydrogen) atoms. The number of hydrogen-bond acceptors (Lipinski definition) is 3. The molecule has 0 aliphatic heterocycles. The van der Waals surface area contributed by atoms with Gasteiger partial charge in [0, 0.05) is 41.4 Å². The quantitative estimate of drug-likeness (QED) is 0.578. The van der Waals surface area contributed by atoms with E-state index in [2.05, 4.69) is 39.4 Å². The normalized spacial score (nSPS) is 15.0. The molecule has 0 radical (unpaired) electrons. The summed E-state index contributed by atoms with van der Waals surface area (Å²) in [6.07, 6.45) is 3.78. The number of thioether (sulfide) groups is 1. The lowest BCUT2D eigenvalue weighted by Gasteiger charge is -2.10. The second-order valence-electron chi connectivity index (χ2n) is 4.60. The van der Waals surface area contributed by atoms with Crippen molar-refractivity contribution in [2.75, 3.05) is 19.5 Å². The minimum Gasteiger partial charge on any atom is -0.385 e. The van der Waals surface area contributed by atoms with Gasteiger partial charge in [-0.25, -0.2) is 0 Å². The number of benzene rings is 1. The zero-order valence-corrected chi connectivity index (χ0v) is 13.1. The van der Waals surface area contributed by atoms with Gasteiger partial charge in [0.1, 0.15) is 0 Å². The van der Waals surface area contributed by atoms with Gasteiger partial charge in [-0.05, 0) is 37.0 Å². The average Bonchev–Trinajstić information content (AvgIpc) is 3.17. The van der Waals surface area contributed by atoms with Crippen molar-refractivity contribution < 1.29 is 4.74 Å². The first kappa shape index (κ1) is 14.4. The highest BCUT2D eigenvalue weighted by atomic mass is 79.9. The molecule has 1 N–H and O–H groups in total. The molecule has 0 aromatic heterocycles. The second-order valence-corrected chi connectivity index (χ2v) is 6.65. The van der Waals surface area contributed by atoms with Crippen molar-refractivity contribution >= 4 is 27.7 Å². The second kappa shape index (κ2) is 7.53. The molecule has 0 spiro atoms. The molecule has 1 aromatic rings. The first-order chi connectivity index (χ1) is 8.79. The highest BCUT2D eigenvalue weighted by Gasteiger charge is 2.20. The summed E-state index contributed by atoms with van der Waals surface area (Å²) in [5.41, 5.74) is 1.41. The van der Waals surface area contributed by atoms with Crippen molar-refractivity contribution in [1.29, 1.82) is 0 Å². The minimum atomic E-state index is 0.764. The van der Waals surface area contributed by atoms with Crippen molar-refractivity contribution in [3.05, 3.63) is 28.2 Å². The van der Waals surface area contributed by atoms with Crippen molar-refractivity contribution in [3.63, 3.8) is 0 Å². The molecule has 2 rings (SSSR count). The Balaban J connectivity index is 1.89. The van der Waals surface area contributed by atoms with E-state index in [9.17, 15) is 0 Å². The highest BCUT2D eigenvalue weighted by molar-refractivity contribution is 9.10. The maximum atomic E-state index is 5.09. The summed E-state index contributed by atoms with van der Waals surface area (Å²) in [5.74, 6) is 1.11. The summed E-state index contributed by atoms with van der Waals surface area (Å²) in [6, 6.07) is 7.34. The van der Waals surface area contributed by atoms with Gasteiger partial charge in [0.15, 0.2) is 0 Å². The zero-order chi connectivity index (χ0) is 12.8. The molecule has 4 heteroatoms. The molecule has 100 valence electrons. The van der Waals surface area contributed by atoms with Gasteiger partial charge in [-0.2, -0.15) is 0 Å². The Morgan fingerprint density at radius 2 is 2.28 bits per heavy atom. The first-order valence-corrected chi connectivity index (χ1v) is 8.21. The summed E-state index contributed by atoms with van der Waals surface area (Å²) in [6.45, 7) is 1.83. The maximum absolute atomic E-state index is 5.09. The molecule has 1 aromatic carbocycles. The van der Waals surface area contributed by atoms with E-state index in [1.54, 1.807) is 7.11 Å². The number of nitrogens with one attached hydrogen (secondary N) is 1. The zero-order valence-electron chi connectivity index (χ0n) is 10.7. The maximum Gasteiger partial charge on any atom is 0.0470 e. The van der Waals surface area contributed by atoms with Gasteiger partial charge in [-0.1, -0.05) is 22.0 Å². The van der Waals surface area contributed by atoms with Crippen LogP contribution in [0.1, 0.15) is 24.8 Å². The molecule has 0 atom stereocenters. The van der Waals surface area contributed by atoms with Crippen molar-refractivity contribution in [2.45, 2.75) is 36.7 Å². The topological polar surface area (TPSA) is 21.3 Å². The standard InChI is InChI=1S/C14H20BrNOS/c1-17-7-2-8-18-14-9-12(15)4-3-11(14)10-16-13-5-6-13/h3-4,9,13,16H,2,5-8,10H2,1H3. The summed E-state index contributed by atoms with van der Waals surface area (Å²) < 4.78 is 6.25. The van der Waals surface area contributed by atoms with Crippen LogP contribution in [-0.2, 0) is 11.3 Å². The molecular weight excluding hydrogens is 310 g/mol. The predicted octanol–water partition coefficient (Wildman–Crippen LogP) is 3.83. The largest absolute Gasteiger partial charge is 0.385 e. The molecule has 0 saturated heterocycles. The number of methoxy groups -OCH3 is 1. The Kier molecular flexibility index (Phi) is 6.02. The van der Waals surface area contributed by atoms with Crippen LogP contribution in [0.15, 0.2) is 27.6 Å². The fourth-order valence-corrected chi connectivity index (χ4v) is 3.27. The van der Waals surface area contributed by atoms with Gasteiger partial charge in [-0.15, -0.1) is 11.8 Å². The van der Waals surface area contributed by atoms with Gasteiger partial charge in [0.2, 0.25) is 0 Å². The van der Waals surface area contributed by atoms with Crippen LogP contribution in [0.3, 0.4) is 0 Å². The van der Waals surface area contributed by atoms with Crippen LogP contribution in [0.4, 0.5) is 0 Å². The molecule has 1 aliphatic carbocycles. The number of ether oxygens (including phenoxy) is 1. The summed E-state index contributed by atoms with van der Waals surface area (Å²) in [7, 11) is 1.76. The Hall–Kier alpha value is -0.0300. The average molecular weight is 330 g/mol. The number of hydrogen-bond donors (Lipinski definition) is 1. The summed E-state index contributed by atoms with van der Waals surface area (Å²) >= 11 is 5.48. The number of halogens is 1. The lowest BCUT2D eigenvalue weighted by molar-refractivity contribution is 0.200. The molecule has 2 nitrogen and oxygen atoms in total. The molecule has 0 amide bonds. The molecule has 0 heterocycles. The minimum absolute atomic E-state index is 0.764. The van der Waals surface area contributed by atoms with Crippen LogP contribution in [0.2, 0.25) is 0 Å². The van der Waals surface area contributed by atoms with Crippen LogP contribution in [0.5, 0.6) is 0 Å². The molecule has 0 unspecified atom stereocenters. The van der Waals surface area contributed by atoms with Crippen LogP contribution in [-0.4, -0.2) is 25.5 Å². The van der Waals surface area contributed by atoms with E-state index in [0.717, 1.165) is 35.8 Å². The molecule has 1 aliphatic rings. The smallest absolute Gasteiger partial charge is 0.0470 e. The van der Waals surface area contributed by atoms with Gasteiger partial charge in [-0.3, -0.25) is 0 Å². The van der Waals surface area contributed by atoms with E-state index < -0.39 is 0 Å². The number of rotatable bonds is 8. The van der Waals surface area contributed by atoms with E-state index in [-0.39, 0.29) is 0 Å². The lowest BCUT2D eigenvalue weighted by Crippen LogP contribution is -2.15. The Bertz CT molecular complexity index is 382. The van der Waals surface area contributed by atoms with Gasteiger partial charge >= 0.3 is 0 Å². The molecule has 1 saturated carbocycles. The van der Waals surface area contributed by atoms with E-state index in [0.29, 0.717) is 0 Å². The fourth-order valence-electron chi connectivity index (χ4n) is 1.74. The van der Waals surface area contributed by atoms with E-state index >= 15 is 0 Å². The van der Waals surface area contributed by atoms with Crippen LogP contribution >= 0.6 is 27.7 Å². The van der Waals surface area contributed by atoms with Crippen LogP contribution < -0.4 is 5.32 Å². The Labute approximate surface area is 122 Å². The van der Waals surface area contributed by atoms with Crippen molar-refractivity contribution in [2.24, 2.45) is 0 Å². The van der Waals surface area contributed by atoms with Crippen molar-refractivity contribution in [3.8, 4) is 0 Å². The monoisotopic (exact) mass is 329 g/mol. The summed E-state index contributed by atoms with van der Waals surface area (Å²) in [4.78, 5) is 1.38. The lowest BCUT2D eigenvalue weighted by atomic mass is 10.2. The third-order valence-corrected chi connectivity index (χ3v) is 4.62. The molecule has 1 fully saturated rings. The first-order valence-electron chi connectivity index (χ1n) is 6.43. The SMILES string of the molecule is COCCCSc1cc(Br)ccc1CNC1CC1. The predicted molar refractivity (Wildman–Crippen MR) is 81.2 cm³/mol.